The van der Waals surface area contributed by atoms with Gasteiger partial charge in [0.25, 0.3) is 0 Å². The zero-order valence-electron chi connectivity index (χ0n) is 8.83. The van der Waals surface area contributed by atoms with Crippen molar-refractivity contribution in [3.63, 3.8) is 0 Å². The lowest BCUT2D eigenvalue weighted by atomic mass is 9.97. The van der Waals surface area contributed by atoms with E-state index in [9.17, 15) is 9.70 Å². The van der Waals surface area contributed by atoms with Crippen molar-refractivity contribution in [1.29, 1.82) is 0 Å². The van der Waals surface area contributed by atoms with Gasteiger partial charge in [0.05, 0.1) is 10.8 Å². The van der Waals surface area contributed by atoms with Crippen molar-refractivity contribution in [2.24, 2.45) is 5.29 Å². The number of Topliss-reactive ketones (excluding diaryl/α,β-unsaturated/α-hetero) is 1. The Morgan fingerprint density at radius 2 is 2.00 bits per heavy atom. The summed E-state index contributed by atoms with van der Waals surface area (Å²) in [5.41, 5.74) is -0.455. The molecule has 0 aromatic rings. The maximum absolute atomic E-state index is 10.9. The molecule has 0 fully saturated rings. The molecule has 0 unspecified atom stereocenters. The predicted octanol–water partition coefficient (Wildman–Crippen LogP) is 2.14. The third kappa shape index (κ3) is 4.01. The van der Waals surface area contributed by atoms with Gasteiger partial charge in [-0.1, -0.05) is 6.92 Å². The summed E-state index contributed by atoms with van der Waals surface area (Å²) in [6, 6.07) is 0. The minimum Gasteiger partial charge on any atom is -0.300 e. The lowest BCUT2D eigenvalue weighted by molar-refractivity contribution is -0.119. The van der Waals surface area contributed by atoms with Gasteiger partial charge in [-0.05, 0) is 27.2 Å². The Morgan fingerprint density at radius 1 is 1.46 bits per heavy atom. The van der Waals surface area contributed by atoms with Crippen molar-refractivity contribution in [1.82, 2.24) is 5.01 Å². The van der Waals surface area contributed by atoms with Crippen LogP contribution in [0.5, 0.6) is 0 Å². The Hall–Kier alpha value is -0.930. The van der Waals surface area contributed by atoms with Crippen LogP contribution in [-0.4, -0.2) is 22.9 Å². The first kappa shape index (κ1) is 12.1. The minimum absolute atomic E-state index is 0.0785. The molecule has 0 bridgehead atoms. The highest BCUT2D eigenvalue weighted by Gasteiger charge is 2.27. The molecule has 0 spiro atoms. The van der Waals surface area contributed by atoms with E-state index in [1.165, 1.54) is 11.9 Å². The van der Waals surface area contributed by atoms with Crippen LogP contribution in [-0.2, 0) is 4.79 Å². The first-order valence-corrected chi connectivity index (χ1v) is 4.54. The number of nitroso groups, excluding NO2 is 1. The molecule has 0 aromatic carbocycles. The number of rotatable bonds is 6. The highest BCUT2D eigenvalue weighted by atomic mass is 16.3. The van der Waals surface area contributed by atoms with E-state index in [1.54, 1.807) is 0 Å². The first-order valence-electron chi connectivity index (χ1n) is 4.54. The summed E-state index contributed by atoms with van der Waals surface area (Å²) in [6.07, 6.45) is 1.21. The average molecular weight is 186 g/mol. The Bertz CT molecular complexity index is 190. The van der Waals surface area contributed by atoms with Gasteiger partial charge in [-0.3, -0.25) is 9.80 Å². The highest BCUT2D eigenvalue weighted by molar-refractivity contribution is 5.76. The molecule has 0 aliphatic heterocycles. The molecule has 0 radical (unpaired) electrons. The van der Waals surface area contributed by atoms with E-state index in [1.807, 2.05) is 20.8 Å². The number of ketones is 1. The summed E-state index contributed by atoms with van der Waals surface area (Å²) in [6.45, 7) is 7.80. The molecule has 0 aliphatic carbocycles. The molecule has 76 valence electrons. The van der Waals surface area contributed by atoms with Gasteiger partial charge in [0.15, 0.2) is 0 Å². The molecular weight excluding hydrogens is 168 g/mol. The first-order chi connectivity index (χ1) is 5.94. The number of carbonyl (C=O) groups excluding carboxylic acids is 1. The predicted molar refractivity (Wildman–Crippen MR) is 52.2 cm³/mol. The molecule has 13 heavy (non-hydrogen) atoms. The lowest BCUT2D eigenvalue weighted by Gasteiger charge is -2.32. The van der Waals surface area contributed by atoms with Crippen molar-refractivity contribution < 1.29 is 4.79 Å². The number of carbonyl (C=O) groups is 1. The summed E-state index contributed by atoms with van der Waals surface area (Å²) < 4.78 is 0. The number of hydrogen-bond donors (Lipinski definition) is 0. The van der Waals surface area contributed by atoms with E-state index < -0.39 is 5.54 Å². The van der Waals surface area contributed by atoms with Gasteiger partial charge in [-0.2, -0.15) is 0 Å². The molecule has 4 nitrogen and oxygen atoms in total. The van der Waals surface area contributed by atoms with Crippen molar-refractivity contribution >= 4 is 5.78 Å². The fourth-order valence-electron chi connectivity index (χ4n) is 1.37. The Morgan fingerprint density at radius 3 is 2.31 bits per heavy atom. The number of hydrogen-bond acceptors (Lipinski definition) is 3. The molecule has 0 saturated carbocycles. The Kier molecular flexibility index (Phi) is 4.59. The van der Waals surface area contributed by atoms with Crippen LogP contribution in [0.1, 0.15) is 40.5 Å². The van der Waals surface area contributed by atoms with Crippen molar-refractivity contribution in [2.45, 2.75) is 46.1 Å². The second-order valence-corrected chi connectivity index (χ2v) is 3.90. The van der Waals surface area contributed by atoms with Gasteiger partial charge < -0.3 is 0 Å². The molecule has 4 heteroatoms. The maximum Gasteiger partial charge on any atom is 0.132 e. The van der Waals surface area contributed by atoms with Crippen molar-refractivity contribution in [3.8, 4) is 0 Å². The fraction of sp³-hybridized carbons (Fsp3) is 0.889. The van der Waals surface area contributed by atoms with Crippen LogP contribution in [0.4, 0.5) is 0 Å². The Balaban J connectivity index is 4.36. The maximum atomic E-state index is 10.9. The molecular formula is C9H18N2O2. The molecule has 0 heterocycles. The highest BCUT2D eigenvalue weighted by Crippen LogP contribution is 2.19. The quantitative estimate of drug-likeness (QED) is 0.471. The topological polar surface area (TPSA) is 49.7 Å². The van der Waals surface area contributed by atoms with Gasteiger partial charge in [-0.25, -0.2) is 0 Å². The molecule has 0 aromatic heterocycles. The average Bonchev–Trinajstić information content (AvgIpc) is 1.97. The third-order valence-electron chi connectivity index (χ3n) is 1.91. The van der Waals surface area contributed by atoms with Crippen LogP contribution in [0.15, 0.2) is 5.29 Å². The number of nitrogens with zero attached hydrogens (tertiary/aromatic N) is 2. The summed E-state index contributed by atoms with van der Waals surface area (Å²) in [5.74, 6) is 0.0785. The van der Waals surface area contributed by atoms with E-state index in [2.05, 4.69) is 5.29 Å². The molecule has 0 N–H and O–H groups in total. The van der Waals surface area contributed by atoms with E-state index in [-0.39, 0.29) is 5.78 Å². The van der Waals surface area contributed by atoms with E-state index in [4.69, 9.17) is 0 Å². The van der Waals surface area contributed by atoms with Crippen molar-refractivity contribution in [2.75, 3.05) is 6.54 Å². The lowest BCUT2D eigenvalue weighted by Crippen LogP contribution is -2.41. The summed E-state index contributed by atoms with van der Waals surface area (Å²) >= 11 is 0. The molecule has 0 amide bonds. The van der Waals surface area contributed by atoms with Gasteiger partial charge >= 0.3 is 0 Å². The van der Waals surface area contributed by atoms with Gasteiger partial charge in [0, 0.05) is 13.0 Å². The van der Waals surface area contributed by atoms with E-state index in [0.29, 0.717) is 13.0 Å². The molecule has 0 aliphatic rings. The second kappa shape index (κ2) is 4.94. The minimum atomic E-state index is -0.455. The Labute approximate surface area is 79.2 Å². The summed E-state index contributed by atoms with van der Waals surface area (Å²) in [5, 5.41) is 4.37. The largest absolute Gasteiger partial charge is 0.300 e. The van der Waals surface area contributed by atoms with Crippen molar-refractivity contribution in [3.05, 3.63) is 4.91 Å². The zero-order valence-corrected chi connectivity index (χ0v) is 8.83. The fourth-order valence-corrected chi connectivity index (χ4v) is 1.37. The molecule has 0 saturated heterocycles. The van der Waals surface area contributed by atoms with E-state index in [0.717, 1.165) is 6.42 Å². The standard InChI is InChI=1S/C9H18N2O2/c1-5-6-11(10-13)9(3,4)7-8(2)12/h5-7H2,1-4H3. The monoisotopic (exact) mass is 186 g/mol. The molecule has 0 atom stereocenters. The zero-order chi connectivity index (χ0) is 10.5. The van der Waals surface area contributed by atoms with Gasteiger partial charge in [0.2, 0.25) is 0 Å². The van der Waals surface area contributed by atoms with Crippen LogP contribution in [0.3, 0.4) is 0 Å². The van der Waals surface area contributed by atoms with Crippen LogP contribution >= 0.6 is 0 Å². The summed E-state index contributed by atoms with van der Waals surface area (Å²) in [7, 11) is 0. The van der Waals surface area contributed by atoms with Gasteiger partial charge in [-0.15, -0.1) is 4.91 Å². The normalized spacial score (nSPS) is 11.1. The third-order valence-corrected chi connectivity index (χ3v) is 1.91. The van der Waals surface area contributed by atoms with Gasteiger partial charge in [0.1, 0.15) is 5.78 Å². The van der Waals surface area contributed by atoms with Crippen LogP contribution in [0.2, 0.25) is 0 Å². The SMILES string of the molecule is CCCN(N=O)C(C)(C)CC(C)=O. The van der Waals surface area contributed by atoms with Crippen LogP contribution in [0.25, 0.3) is 0 Å². The molecule has 0 rings (SSSR count). The smallest absolute Gasteiger partial charge is 0.132 e. The second-order valence-electron chi connectivity index (χ2n) is 3.90. The summed E-state index contributed by atoms with van der Waals surface area (Å²) in [4.78, 5) is 21.4. The van der Waals surface area contributed by atoms with E-state index >= 15 is 0 Å². The van der Waals surface area contributed by atoms with Crippen LogP contribution in [0, 0.1) is 4.91 Å². The van der Waals surface area contributed by atoms with Crippen LogP contribution < -0.4 is 0 Å².